The number of amides is 2. The molecule has 1 fully saturated rings. The fourth-order valence-electron chi connectivity index (χ4n) is 3.32. The highest BCUT2D eigenvalue weighted by Crippen LogP contribution is 2.22. The number of nitrogens with zero attached hydrogens (tertiary/aromatic N) is 5. The monoisotopic (exact) mass is 396 g/mol. The van der Waals surface area contributed by atoms with Crippen LogP contribution in [0.3, 0.4) is 0 Å². The Balaban J connectivity index is 1.51. The molecule has 4 rings (SSSR count). The van der Waals surface area contributed by atoms with Gasteiger partial charge < -0.3 is 4.90 Å². The predicted molar refractivity (Wildman–Crippen MR) is 107 cm³/mol. The van der Waals surface area contributed by atoms with Crippen molar-refractivity contribution >= 4 is 22.5 Å². The molecular weight excluding hydrogens is 376 g/mol. The van der Waals surface area contributed by atoms with E-state index < -0.39 is 0 Å². The molecule has 1 saturated heterocycles. The summed E-state index contributed by atoms with van der Waals surface area (Å²) in [6.07, 6.45) is 6.84. The van der Waals surface area contributed by atoms with Crippen molar-refractivity contribution in [2.75, 3.05) is 11.9 Å². The second-order valence-corrected chi connectivity index (χ2v) is 7.91. The van der Waals surface area contributed by atoms with Crippen LogP contribution in [-0.4, -0.2) is 43.3 Å². The average molecular weight is 396 g/mol. The molecule has 0 bridgehead atoms. The molecule has 1 aliphatic heterocycles. The van der Waals surface area contributed by atoms with Crippen LogP contribution in [0.2, 0.25) is 0 Å². The number of carbonyl (C=O) groups is 1. The number of nitrogens with one attached hydrogen (secondary N) is 1. The highest BCUT2D eigenvalue weighted by atomic mass is 32.1. The Labute approximate surface area is 165 Å². The van der Waals surface area contributed by atoms with Crippen molar-refractivity contribution in [3.05, 3.63) is 58.1 Å². The van der Waals surface area contributed by atoms with Gasteiger partial charge in [0, 0.05) is 41.6 Å². The van der Waals surface area contributed by atoms with Crippen LogP contribution in [0.25, 0.3) is 11.3 Å². The summed E-state index contributed by atoms with van der Waals surface area (Å²) in [7, 11) is 0. The van der Waals surface area contributed by atoms with E-state index in [1.165, 1.54) is 22.1 Å². The largest absolute Gasteiger partial charge is 0.323 e. The Morgan fingerprint density at radius 2 is 2.11 bits per heavy atom. The van der Waals surface area contributed by atoms with Gasteiger partial charge in [-0.1, -0.05) is 0 Å². The number of urea groups is 1. The summed E-state index contributed by atoms with van der Waals surface area (Å²) in [6, 6.07) is 6.65. The van der Waals surface area contributed by atoms with Gasteiger partial charge in [0.25, 0.3) is 5.56 Å². The maximum absolute atomic E-state index is 12.7. The Kier molecular flexibility index (Phi) is 5.16. The summed E-state index contributed by atoms with van der Waals surface area (Å²) < 4.78 is 1.44. The smallest absolute Gasteiger partial charge is 0.320 e. The van der Waals surface area contributed by atoms with Crippen molar-refractivity contribution in [2.45, 2.75) is 32.4 Å². The third-order valence-corrected chi connectivity index (χ3v) is 5.53. The molecule has 9 heteroatoms. The Bertz CT molecular complexity index is 1030. The van der Waals surface area contributed by atoms with E-state index in [1.54, 1.807) is 29.6 Å². The van der Waals surface area contributed by atoms with Gasteiger partial charge in [-0.05, 0) is 38.0 Å². The molecule has 1 N–H and O–H groups in total. The Morgan fingerprint density at radius 3 is 2.86 bits per heavy atom. The van der Waals surface area contributed by atoms with Gasteiger partial charge >= 0.3 is 6.03 Å². The fraction of sp³-hybridized carbons (Fsp3) is 0.316. The first-order valence-electron chi connectivity index (χ1n) is 9.09. The van der Waals surface area contributed by atoms with E-state index in [0.29, 0.717) is 23.9 Å². The third-order valence-electron chi connectivity index (χ3n) is 4.70. The Hall–Kier alpha value is -3.07. The van der Waals surface area contributed by atoms with Crippen molar-refractivity contribution in [3.63, 3.8) is 0 Å². The Morgan fingerprint density at radius 1 is 1.29 bits per heavy atom. The number of aryl methyl sites for hydroxylation is 1. The van der Waals surface area contributed by atoms with Crippen molar-refractivity contribution < 1.29 is 4.79 Å². The van der Waals surface area contributed by atoms with Crippen molar-refractivity contribution in [1.29, 1.82) is 0 Å². The lowest BCUT2D eigenvalue weighted by molar-refractivity contribution is 0.199. The third kappa shape index (κ3) is 3.94. The van der Waals surface area contributed by atoms with Crippen LogP contribution in [0, 0.1) is 6.92 Å². The van der Waals surface area contributed by atoms with Crippen LogP contribution >= 0.6 is 11.3 Å². The summed E-state index contributed by atoms with van der Waals surface area (Å²) in [5.41, 5.74) is 1.42. The number of aromatic nitrogens is 4. The summed E-state index contributed by atoms with van der Waals surface area (Å²) in [4.78, 5) is 36.0. The molecule has 0 aromatic carbocycles. The molecule has 2 amide bonds. The van der Waals surface area contributed by atoms with E-state index in [4.69, 9.17) is 0 Å². The molecule has 8 nitrogen and oxygen atoms in total. The van der Waals surface area contributed by atoms with Crippen LogP contribution in [-0.2, 0) is 6.54 Å². The standard InChI is InChI=1S/C19H20N6O2S/c1-13-11-21-18(28-13)22-19(27)24-10-2-3-15(24)12-25-17(26)5-4-16(23-25)14-6-8-20-9-7-14/h4-9,11,15H,2-3,10,12H2,1H3,(H,21,22,27). The zero-order chi connectivity index (χ0) is 19.5. The number of anilines is 1. The highest BCUT2D eigenvalue weighted by molar-refractivity contribution is 7.15. The molecule has 3 aromatic heterocycles. The van der Waals surface area contributed by atoms with E-state index in [0.717, 1.165) is 23.3 Å². The summed E-state index contributed by atoms with van der Waals surface area (Å²) in [6.45, 7) is 2.96. The molecule has 1 unspecified atom stereocenters. The number of hydrogen-bond donors (Lipinski definition) is 1. The van der Waals surface area contributed by atoms with Crippen molar-refractivity contribution in [3.8, 4) is 11.3 Å². The normalized spacial score (nSPS) is 16.3. The van der Waals surface area contributed by atoms with E-state index >= 15 is 0 Å². The van der Waals surface area contributed by atoms with Gasteiger partial charge in [-0.2, -0.15) is 5.10 Å². The molecule has 144 valence electrons. The fourth-order valence-corrected chi connectivity index (χ4v) is 3.98. The first-order chi connectivity index (χ1) is 13.6. The molecule has 0 aliphatic carbocycles. The van der Waals surface area contributed by atoms with E-state index in [2.05, 4.69) is 20.4 Å². The second-order valence-electron chi connectivity index (χ2n) is 6.67. The van der Waals surface area contributed by atoms with Crippen LogP contribution in [0.5, 0.6) is 0 Å². The van der Waals surface area contributed by atoms with Gasteiger partial charge in [-0.3, -0.25) is 15.1 Å². The van der Waals surface area contributed by atoms with Crippen molar-refractivity contribution in [1.82, 2.24) is 24.6 Å². The minimum absolute atomic E-state index is 0.0843. The predicted octanol–water partition coefficient (Wildman–Crippen LogP) is 2.77. The van der Waals surface area contributed by atoms with Crippen molar-refractivity contribution in [2.24, 2.45) is 0 Å². The minimum atomic E-state index is -0.185. The number of carbonyl (C=O) groups excluding carboxylic acids is 1. The second kappa shape index (κ2) is 7.89. The lowest BCUT2D eigenvalue weighted by Crippen LogP contribution is -2.42. The molecule has 0 radical (unpaired) electrons. The van der Waals surface area contributed by atoms with Crippen LogP contribution in [0.4, 0.5) is 9.93 Å². The molecule has 1 aliphatic rings. The maximum atomic E-state index is 12.7. The van der Waals surface area contributed by atoms with Crippen LogP contribution in [0.1, 0.15) is 17.7 Å². The van der Waals surface area contributed by atoms with Gasteiger partial charge in [0.1, 0.15) is 0 Å². The first-order valence-corrected chi connectivity index (χ1v) is 9.90. The van der Waals surface area contributed by atoms with Gasteiger partial charge in [0.2, 0.25) is 0 Å². The molecule has 28 heavy (non-hydrogen) atoms. The summed E-state index contributed by atoms with van der Waals surface area (Å²) >= 11 is 1.44. The zero-order valence-corrected chi connectivity index (χ0v) is 16.2. The number of pyridine rings is 1. The number of rotatable bonds is 4. The summed E-state index contributed by atoms with van der Waals surface area (Å²) in [5.74, 6) is 0. The lowest BCUT2D eigenvalue weighted by atomic mass is 10.2. The van der Waals surface area contributed by atoms with E-state index in [-0.39, 0.29) is 17.6 Å². The molecule has 0 saturated carbocycles. The topological polar surface area (TPSA) is 93.0 Å². The first kappa shape index (κ1) is 18.3. The zero-order valence-electron chi connectivity index (χ0n) is 15.4. The number of likely N-dealkylation sites (tertiary alicyclic amines) is 1. The van der Waals surface area contributed by atoms with Gasteiger partial charge in [-0.25, -0.2) is 14.5 Å². The van der Waals surface area contributed by atoms with Gasteiger partial charge in [0.15, 0.2) is 5.13 Å². The molecule has 0 spiro atoms. The summed E-state index contributed by atoms with van der Waals surface area (Å²) in [5, 5.41) is 7.93. The molecular formula is C19H20N6O2S. The SMILES string of the molecule is Cc1cnc(NC(=O)N2CCCC2Cn2nc(-c3ccncc3)ccc2=O)s1. The lowest BCUT2D eigenvalue weighted by Gasteiger charge is -2.24. The van der Waals surface area contributed by atoms with Gasteiger partial charge in [-0.15, -0.1) is 11.3 Å². The molecule has 3 aromatic rings. The number of thiazole rings is 1. The van der Waals surface area contributed by atoms with E-state index in [1.807, 2.05) is 19.1 Å². The molecule has 1 atom stereocenters. The molecule has 4 heterocycles. The van der Waals surface area contributed by atoms with Crippen LogP contribution in [0.15, 0.2) is 47.7 Å². The maximum Gasteiger partial charge on any atom is 0.323 e. The highest BCUT2D eigenvalue weighted by Gasteiger charge is 2.30. The van der Waals surface area contributed by atoms with Gasteiger partial charge in [0.05, 0.1) is 18.3 Å². The quantitative estimate of drug-likeness (QED) is 0.732. The van der Waals surface area contributed by atoms with Crippen LogP contribution < -0.4 is 10.9 Å². The van der Waals surface area contributed by atoms with E-state index in [9.17, 15) is 9.59 Å². The minimum Gasteiger partial charge on any atom is -0.320 e. The average Bonchev–Trinajstić information content (AvgIpc) is 3.33. The number of hydrogen-bond acceptors (Lipinski definition) is 6.